The average Bonchev–Trinajstić information content (AvgIpc) is 2.64. The lowest BCUT2D eigenvalue weighted by molar-refractivity contribution is -0.144. The third-order valence-corrected chi connectivity index (χ3v) is 4.52. The summed E-state index contributed by atoms with van der Waals surface area (Å²) in [6.07, 6.45) is 0.149. The van der Waals surface area contributed by atoms with E-state index in [9.17, 15) is 19.5 Å². The third-order valence-electron chi connectivity index (χ3n) is 4.52. The molecule has 0 aliphatic carbocycles. The number of nitrogens with one attached hydrogen (secondary N) is 1. The molecular formula is C21H25ClN2O5. The second-order valence-corrected chi connectivity index (χ2v) is 6.55. The molecule has 0 spiro atoms. The molecule has 0 radical (unpaired) electrons. The van der Waals surface area contributed by atoms with E-state index in [0.717, 1.165) is 0 Å². The van der Waals surface area contributed by atoms with E-state index < -0.39 is 17.3 Å². The number of phenolic OH excluding ortho intramolecular Hbond substituents is 1. The van der Waals surface area contributed by atoms with Gasteiger partial charge in [0, 0.05) is 12.6 Å². The van der Waals surface area contributed by atoms with Crippen molar-refractivity contribution >= 4 is 35.8 Å². The van der Waals surface area contributed by atoms with Crippen molar-refractivity contribution in [2.24, 2.45) is 0 Å². The average molecular weight is 421 g/mol. The number of phenols is 1. The maximum atomic E-state index is 13.2. The Hall–Kier alpha value is -2.90. The summed E-state index contributed by atoms with van der Waals surface area (Å²) >= 11 is 0. The molecule has 29 heavy (non-hydrogen) atoms. The molecule has 2 rings (SSSR count). The summed E-state index contributed by atoms with van der Waals surface area (Å²) in [5.74, 6) is -1.46. The fourth-order valence-electron chi connectivity index (χ4n) is 2.99. The Morgan fingerprint density at radius 2 is 1.66 bits per heavy atom. The number of ketones is 1. The summed E-state index contributed by atoms with van der Waals surface area (Å²) in [6.45, 7) is 3.10. The van der Waals surface area contributed by atoms with Crippen molar-refractivity contribution in [2.75, 3.05) is 19.4 Å². The smallest absolute Gasteiger partial charge is 0.340 e. The van der Waals surface area contributed by atoms with Gasteiger partial charge in [-0.3, -0.25) is 14.5 Å². The van der Waals surface area contributed by atoms with E-state index in [-0.39, 0.29) is 41.8 Å². The van der Waals surface area contributed by atoms with E-state index in [1.807, 2.05) is 0 Å². The lowest BCUT2D eigenvalue weighted by Gasteiger charge is -2.35. The van der Waals surface area contributed by atoms with Crippen LogP contribution in [-0.4, -0.2) is 47.3 Å². The molecule has 0 aromatic heterocycles. The zero-order valence-corrected chi connectivity index (χ0v) is 17.6. The van der Waals surface area contributed by atoms with Crippen LogP contribution in [0.15, 0.2) is 48.5 Å². The highest BCUT2D eigenvalue weighted by molar-refractivity contribution is 6.17. The molecule has 2 aromatic carbocycles. The number of likely N-dealkylation sites (N-methyl/N-ethyl adjacent to an activating group) is 1. The molecule has 1 atom stereocenters. The predicted molar refractivity (Wildman–Crippen MR) is 113 cm³/mol. The molecule has 0 bridgehead atoms. The molecule has 0 aliphatic rings. The van der Waals surface area contributed by atoms with E-state index in [2.05, 4.69) is 5.32 Å². The first-order valence-electron chi connectivity index (χ1n) is 8.82. The number of carbonyl (C=O) groups is 3. The van der Waals surface area contributed by atoms with Crippen LogP contribution in [0, 0.1) is 0 Å². The Labute approximate surface area is 176 Å². The number of halogens is 1. The summed E-state index contributed by atoms with van der Waals surface area (Å²) in [6, 6.07) is 12.3. The van der Waals surface area contributed by atoms with Crippen LogP contribution in [0.3, 0.4) is 0 Å². The highest BCUT2D eigenvalue weighted by Crippen LogP contribution is 2.30. The molecule has 0 aliphatic heterocycles. The summed E-state index contributed by atoms with van der Waals surface area (Å²) < 4.78 is 5.48. The summed E-state index contributed by atoms with van der Waals surface area (Å²) in [7, 11) is 3.23. The number of carbonyl (C=O) groups excluding carboxylic acids is 3. The summed E-state index contributed by atoms with van der Waals surface area (Å²) in [4.78, 5) is 38.9. The Morgan fingerprint density at radius 3 is 2.14 bits per heavy atom. The maximum Gasteiger partial charge on any atom is 0.340 e. The largest absolute Gasteiger partial charge is 0.507 e. The third kappa shape index (κ3) is 5.13. The molecule has 156 valence electrons. The zero-order chi connectivity index (χ0) is 20.9. The van der Waals surface area contributed by atoms with Crippen molar-refractivity contribution in [1.82, 2.24) is 4.90 Å². The number of amides is 1. The quantitative estimate of drug-likeness (QED) is 0.309. The minimum absolute atomic E-state index is 0. The van der Waals surface area contributed by atoms with Crippen LogP contribution < -0.4 is 10.1 Å². The molecule has 1 amide bonds. The summed E-state index contributed by atoms with van der Waals surface area (Å²) in [5.41, 5.74) is -0.988. The molecule has 0 heterocycles. The van der Waals surface area contributed by atoms with E-state index in [1.54, 1.807) is 45.3 Å². The SMILES string of the molecule is CCC(C(=O)Oc1ccc(NC(C)=O)cc1)(C(=O)c1ccccc1O)N(C)C.Cl. The normalized spacial score (nSPS) is 12.4. The van der Waals surface area contributed by atoms with Crippen LogP contribution in [0.25, 0.3) is 0 Å². The first-order chi connectivity index (χ1) is 13.2. The van der Waals surface area contributed by atoms with Gasteiger partial charge in [0.25, 0.3) is 0 Å². The highest BCUT2D eigenvalue weighted by Gasteiger charge is 2.49. The standard InChI is InChI=1S/C21H24N2O5.ClH/c1-5-21(23(3)4,19(26)17-8-6-7-9-18(17)25)20(27)28-16-12-10-15(11-13-16)22-14(2)24;/h6-13,25H,5H2,1-4H3,(H,22,24);1H. The number of Topliss-reactive ketones (excluding diaryl/α,β-unsaturated/α-hetero) is 1. The van der Waals surface area contributed by atoms with E-state index >= 15 is 0 Å². The fraction of sp³-hybridized carbons (Fsp3) is 0.286. The van der Waals surface area contributed by atoms with Gasteiger partial charge in [-0.15, -0.1) is 12.4 Å². The predicted octanol–water partition coefficient (Wildman–Crippen LogP) is 3.27. The highest BCUT2D eigenvalue weighted by atomic mass is 35.5. The maximum absolute atomic E-state index is 13.2. The molecule has 0 saturated carbocycles. The van der Waals surface area contributed by atoms with E-state index in [0.29, 0.717) is 5.69 Å². The van der Waals surface area contributed by atoms with Gasteiger partial charge in [0.1, 0.15) is 11.5 Å². The number of aromatic hydroxyl groups is 1. The number of para-hydroxylation sites is 1. The van der Waals surface area contributed by atoms with Gasteiger partial charge in [0.15, 0.2) is 11.3 Å². The molecular weight excluding hydrogens is 396 g/mol. The van der Waals surface area contributed by atoms with Gasteiger partial charge in [-0.2, -0.15) is 0 Å². The number of esters is 1. The number of benzene rings is 2. The molecule has 7 nitrogen and oxygen atoms in total. The number of ether oxygens (including phenoxy) is 1. The number of nitrogens with zero attached hydrogens (tertiary/aromatic N) is 1. The van der Waals surface area contributed by atoms with Crippen LogP contribution in [0.1, 0.15) is 30.6 Å². The van der Waals surface area contributed by atoms with Gasteiger partial charge in [-0.1, -0.05) is 19.1 Å². The van der Waals surface area contributed by atoms with Gasteiger partial charge >= 0.3 is 5.97 Å². The number of hydrogen-bond acceptors (Lipinski definition) is 6. The number of rotatable bonds is 7. The van der Waals surface area contributed by atoms with E-state index in [4.69, 9.17) is 4.74 Å². The van der Waals surface area contributed by atoms with Crippen LogP contribution >= 0.6 is 12.4 Å². The Balaban J connectivity index is 0.00000420. The summed E-state index contributed by atoms with van der Waals surface area (Å²) in [5, 5.41) is 12.7. The van der Waals surface area contributed by atoms with Crippen molar-refractivity contribution in [3.05, 3.63) is 54.1 Å². The number of anilines is 1. The molecule has 1 unspecified atom stereocenters. The monoisotopic (exact) mass is 420 g/mol. The van der Waals surface area contributed by atoms with Crippen LogP contribution in [-0.2, 0) is 9.59 Å². The van der Waals surface area contributed by atoms with Crippen LogP contribution in [0.2, 0.25) is 0 Å². The van der Waals surface area contributed by atoms with Crippen molar-refractivity contribution < 1.29 is 24.2 Å². The van der Waals surface area contributed by atoms with Gasteiger partial charge in [0.05, 0.1) is 5.56 Å². The molecule has 2 N–H and O–H groups in total. The fourth-order valence-corrected chi connectivity index (χ4v) is 2.99. The van der Waals surface area contributed by atoms with Gasteiger partial charge in [-0.25, -0.2) is 4.79 Å². The van der Waals surface area contributed by atoms with E-state index in [1.165, 1.54) is 36.1 Å². The van der Waals surface area contributed by atoms with Crippen molar-refractivity contribution in [1.29, 1.82) is 0 Å². The van der Waals surface area contributed by atoms with Gasteiger partial charge in [0.2, 0.25) is 5.91 Å². The number of hydrogen-bond donors (Lipinski definition) is 2. The first kappa shape index (κ1) is 24.1. The van der Waals surface area contributed by atoms with Crippen LogP contribution in [0.5, 0.6) is 11.5 Å². The Kier molecular flexibility index (Phi) is 8.36. The lowest BCUT2D eigenvalue weighted by Crippen LogP contribution is -2.58. The van der Waals surface area contributed by atoms with Gasteiger partial charge < -0.3 is 15.2 Å². The minimum Gasteiger partial charge on any atom is -0.507 e. The Morgan fingerprint density at radius 1 is 1.07 bits per heavy atom. The molecule has 0 fully saturated rings. The van der Waals surface area contributed by atoms with Gasteiger partial charge in [-0.05, 0) is 56.9 Å². The van der Waals surface area contributed by atoms with Crippen molar-refractivity contribution in [3.8, 4) is 11.5 Å². The topological polar surface area (TPSA) is 95.9 Å². The molecule has 2 aromatic rings. The van der Waals surface area contributed by atoms with Crippen LogP contribution in [0.4, 0.5) is 5.69 Å². The molecule has 0 saturated heterocycles. The first-order valence-corrected chi connectivity index (χ1v) is 8.82. The lowest BCUT2D eigenvalue weighted by atomic mass is 9.85. The van der Waals surface area contributed by atoms with Crippen molar-refractivity contribution in [3.63, 3.8) is 0 Å². The zero-order valence-electron chi connectivity index (χ0n) is 16.8. The Bertz CT molecular complexity index is 883. The molecule has 8 heteroatoms. The second kappa shape index (κ2) is 10.0. The minimum atomic E-state index is -1.60. The van der Waals surface area contributed by atoms with Crippen molar-refractivity contribution in [2.45, 2.75) is 25.8 Å². The second-order valence-electron chi connectivity index (χ2n) is 6.55.